The second kappa shape index (κ2) is 9.45. The average molecular weight is 396 g/mol. The standard InChI is InChI=1S/C23H29N3O3/c1-4-29-22(27)19-10-6-8-12-21(19)25-13-15-26(16-14-25)23(28)24-20-11-7-5-9-18(20)17(2)3/h5-12,17H,4,13-16H2,1-3H3,(H,24,28). The molecule has 0 bridgehead atoms. The third-order valence-electron chi connectivity index (χ3n) is 5.13. The summed E-state index contributed by atoms with van der Waals surface area (Å²) in [5.74, 6) is 0.0243. The predicted molar refractivity (Wildman–Crippen MR) is 116 cm³/mol. The quantitative estimate of drug-likeness (QED) is 0.765. The number of anilines is 2. The smallest absolute Gasteiger partial charge is 0.340 e. The predicted octanol–water partition coefficient (Wildman–Crippen LogP) is 4.34. The largest absolute Gasteiger partial charge is 0.462 e. The van der Waals surface area contributed by atoms with Gasteiger partial charge in [0, 0.05) is 31.9 Å². The van der Waals surface area contributed by atoms with Gasteiger partial charge < -0.3 is 19.9 Å². The van der Waals surface area contributed by atoms with E-state index in [1.54, 1.807) is 13.0 Å². The number of carbonyl (C=O) groups excluding carboxylic acids is 2. The molecule has 29 heavy (non-hydrogen) atoms. The van der Waals surface area contributed by atoms with E-state index in [1.165, 1.54) is 0 Å². The number of carbonyl (C=O) groups is 2. The van der Waals surface area contributed by atoms with E-state index in [4.69, 9.17) is 4.74 Å². The first kappa shape index (κ1) is 20.7. The van der Waals surface area contributed by atoms with Gasteiger partial charge in [0.05, 0.1) is 17.9 Å². The van der Waals surface area contributed by atoms with E-state index in [-0.39, 0.29) is 12.0 Å². The molecule has 0 radical (unpaired) electrons. The molecule has 2 amide bonds. The number of esters is 1. The number of rotatable bonds is 5. The van der Waals surface area contributed by atoms with Crippen LogP contribution in [0.25, 0.3) is 0 Å². The summed E-state index contributed by atoms with van der Waals surface area (Å²) in [6.45, 7) is 8.88. The Balaban J connectivity index is 1.64. The maximum absolute atomic E-state index is 12.8. The molecular formula is C23H29N3O3. The van der Waals surface area contributed by atoms with E-state index in [1.807, 2.05) is 47.4 Å². The van der Waals surface area contributed by atoms with Crippen LogP contribution in [0.5, 0.6) is 0 Å². The third-order valence-corrected chi connectivity index (χ3v) is 5.13. The first-order valence-electron chi connectivity index (χ1n) is 10.2. The molecule has 2 aromatic carbocycles. The van der Waals surface area contributed by atoms with Crippen molar-refractivity contribution < 1.29 is 14.3 Å². The van der Waals surface area contributed by atoms with Gasteiger partial charge in [-0.2, -0.15) is 0 Å². The third kappa shape index (κ3) is 4.88. The molecule has 1 aliphatic heterocycles. The fourth-order valence-electron chi connectivity index (χ4n) is 3.59. The van der Waals surface area contributed by atoms with Crippen molar-refractivity contribution in [1.29, 1.82) is 0 Å². The monoisotopic (exact) mass is 395 g/mol. The van der Waals surface area contributed by atoms with Gasteiger partial charge in [0.25, 0.3) is 0 Å². The summed E-state index contributed by atoms with van der Waals surface area (Å²) in [6.07, 6.45) is 0. The van der Waals surface area contributed by atoms with Crippen LogP contribution in [-0.4, -0.2) is 49.7 Å². The van der Waals surface area contributed by atoms with Crippen LogP contribution in [0.15, 0.2) is 48.5 Å². The molecule has 0 saturated carbocycles. The Morgan fingerprint density at radius 3 is 2.34 bits per heavy atom. The van der Waals surface area contributed by atoms with Gasteiger partial charge >= 0.3 is 12.0 Å². The van der Waals surface area contributed by atoms with E-state index in [0.717, 1.165) is 16.9 Å². The lowest BCUT2D eigenvalue weighted by Gasteiger charge is -2.36. The minimum atomic E-state index is -0.312. The molecule has 1 fully saturated rings. The van der Waals surface area contributed by atoms with Gasteiger partial charge in [-0.05, 0) is 36.6 Å². The number of ether oxygens (including phenoxy) is 1. The van der Waals surface area contributed by atoms with Crippen molar-refractivity contribution in [1.82, 2.24) is 4.90 Å². The van der Waals surface area contributed by atoms with E-state index in [2.05, 4.69) is 24.1 Å². The second-order valence-electron chi connectivity index (χ2n) is 7.38. The lowest BCUT2D eigenvalue weighted by atomic mass is 10.0. The molecule has 0 aliphatic carbocycles. The first-order chi connectivity index (χ1) is 14.0. The highest BCUT2D eigenvalue weighted by Gasteiger charge is 2.24. The molecule has 2 aromatic rings. The fraction of sp³-hybridized carbons (Fsp3) is 0.391. The van der Waals surface area contributed by atoms with Crippen molar-refractivity contribution in [3.05, 3.63) is 59.7 Å². The average Bonchev–Trinajstić information content (AvgIpc) is 2.74. The van der Waals surface area contributed by atoms with Crippen LogP contribution in [0.2, 0.25) is 0 Å². The number of benzene rings is 2. The Morgan fingerprint density at radius 2 is 1.66 bits per heavy atom. The molecule has 6 heteroatoms. The van der Waals surface area contributed by atoms with Crippen LogP contribution >= 0.6 is 0 Å². The van der Waals surface area contributed by atoms with Crippen molar-refractivity contribution in [2.45, 2.75) is 26.7 Å². The minimum absolute atomic E-state index is 0.0866. The molecule has 1 N–H and O–H groups in total. The SMILES string of the molecule is CCOC(=O)c1ccccc1N1CCN(C(=O)Nc2ccccc2C(C)C)CC1. The molecule has 1 aliphatic rings. The molecule has 0 aromatic heterocycles. The summed E-state index contributed by atoms with van der Waals surface area (Å²) in [4.78, 5) is 29.0. The number of amides is 2. The van der Waals surface area contributed by atoms with E-state index in [0.29, 0.717) is 44.3 Å². The van der Waals surface area contributed by atoms with Crippen LogP contribution in [0.4, 0.5) is 16.2 Å². The van der Waals surface area contributed by atoms with E-state index in [9.17, 15) is 9.59 Å². The van der Waals surface area contributed by atoms with Gasteiger partial charge in [-0.15, -0.1) is 0 Å². The summed E-state index contributed by atoms with van der Waals surface area (Å²) >= 11 is 0. The van der Waals surface area contributed by atoms with E-state index < -0.39 is 0 Å². The van der Waals surface area contributed by atoms with Crippen LogP contribution in [0.3, 0.4) is 0 Å². The normalized spacial score (nSPS) is 14.1. The van der Waals surface area contributed by atoms with Gasteiger partial charge in [-0.1, -0.05) is 44.2 Å². The summed E-state index contributed by atoms with van der Waals surface area (Å²) in [7, 11) is 0. The summed E-state index contributed by atoms with van der Waals surface area (Å²) in [6, 6.07) is 15.3. The number of para-hydroxylation sites is 2. The van der Waals surface area contributed by atoms with Gasteiger partial charge in [0.2, 0.25) is 0 Å². The molecule has 1 heterocycles. The molecule has 154 valence electrons. The molecule has 3 rings (SSSR count). The second-order valence-corrected chi connectivity index (χ2v) is 7.38. The molecule has 0 unspecified atom stereocenters. The highest BCUT2D eigenvalue weighted by molar-refractivity contribution is 5.96. The summed E-state index contributed by atoms with van der Waals surface area (Å²) in [5, 5.41) is 3.06. The fourth-order valence-corrected chi connectivity index (χ4v) is 3.59. The zero-order valence-corrected chi connectivity index (χ0v) is 17.4. The van der Waals surface area contributed by atoms with Gasteiger partial charge in [0.1, 0.15) is 0 Å². The number of nitrogens with zero attached hydrogens (tertiary/aromatic N) is 2. The highest BCUT2D eigenvalue weighted by Crippen LogP contribution is 2.25. The maximum Gasteiger partial charge on any atom is 0.340 e. The lowest BCUT2D eigenvalue weighted by molar-refractivity contribution is 0.0527. The number of hydrogen-bond acceptors (Lipinski definition) is 4. The van der Waals surface area contributed by atoms with Crippen molar-refractivity contribution in [2.75, 3.05) is 43.0 Å². The van der Waals surface area contributed by atoms with Crippen LogP contribution in [0, 0.1) is 0 Å². The Morgan fingerprint density at radius 1 is 1.00 bits per heavy atom. The number of nitrogens with one attached hydrogen (secondary N) is 1. The van der Waals surface area contributed by atoms with Crippen molar-refractivity contribution in [3.8, 4) is 0 Å². The summed E-state index contributed by atoms with van der Waals surface area (Å²) in [5.41, 5.74) is 3.42. The van der Waals surface area contributed by atoms with Gasteiger partial charge in [-0.25, -0.2) is 9.59 Å². The molecule has 6 nitrogen and oxygen atoms in total. The van der Waals surface area contributed by atoms with Crippen LogP contribution in [0.1, 0.15) is 42.6 Å². The van der Waals surface area contributed by atoms with Crippen LogP contribution < -0.4 is 10.2 Å². The van der Waals surface area contributed by atoms with Gasteiger partial charge in [0.15, 0.2) is 0 Å². The molecular weight excluding hydrogens is 366 g/mol. The van der Waals surface area contributed by atoms with Crippen molar-refractivity contribution in [2.24, 2.45) is 0 Å². The first-order valence-corrected chi connectivity index (χ1v) is 10.2. The van der Waals surface area contributed by atoms with Crippen molar-refractivity contribution >= 4 is 23.4 Å². The zero-order valence-electron chi connectivity index (χ0n) is 17.4. The Kier molecular flexibility index (Phi) is 6.75. The highest BCUT2D eigenvalue weighted by atomic mass is 16.5. The Bertz CT molecular complexity index is 858. The lowest BCUT2D eigenvalue weighted by Crippen LogP contribution is -2.50. The number of piperazine rings is 1. The van der Waals surface area contributed by atoms with Crippen molar-refractivity contribution in [3.63, 3.8) is 0 Å². The topological polar surface area (TPSA) is 61.9 Å². The summed E-state index contributed by atoms with van der Waals surface area (Å²) < 4.78 is 5.18. The molecule has 0 spiro atoms. The number of hydrogen-bond donors (Lipinski definition) is 1. The number of urea groups is 1. The minimum Gasteiger partial charge on any atom is -0.462 e. The van der Waals surface area contributed by atoms with E-state index >= 15 is 0 Å². The zero-order chi connectivity index (χ0) is 20.8. The van der Waals surface area contributed by atoms with Gasteiger partial charge in [-0.3, -0.25) is 0 Å². The molecule has 0 atom stereocenters. The maximum atomic E-state index is 12.8. The molecule has 1 saturated heterocycles. The Labute approximate surface area is 172 Å². The Hall–Kier alpha value is -3.02. The van der Waals surface area contributed by atoms with Crippen LogP contribution in [-0.2, 0) is 4.74 Å².